The maximum atomic E-state index is 4.05. The summed E-state index contributed by atoms with van der Waals surface area (Å²) in [4.78, 5) is 0. The molecule has 1 aromatic carbocycles. The van der Waals surface area contributed by atoms with Gasteiger partial charge in [-0.2, -0.15) is 16.9 Å². The van der Waals surface area contributed by atoms with Crippen molar-refractivity contribution in [3.8, 4) is 0 Å². The quantitative estimate of drug-likeness (QED) is 0.855. The Kier molecular flexibility index (Phi) is 2.97. The van der Waals surface area contributed by atoms with E-state index in [1.54, 1.807) is 0 Å². The lowest BCUT2D eigenvalue weighted by atomic mass is 10.1. The fourth-order valence-corrected chi connectivity index (χ4v) is 3.50. The molecule has 1 aliphatic heterocycles. The molecule has 2 atom stereocenters. The second-order valence-electron chi connectivity index (χ2n) is 4.64. The molecule has 2 heterocycles. The summed E-state index contributed by atoms with van der Waals surface area (Å²) >= 11 is 2.07. The Bertz CT molecular complexity index is 508. The molecule has 3 nitrogen and oxygen atoms in total. The van der Waals surface area contributed by atoms with Gasteiger partial charge in [0.2, 0.25) is 0 Å². The maximum Gasteiger partial charge on any atom is 0.0670 e. The molecule has 0 radical (unpaired) electrons. The van der Waals surface area contributed by atoms with E-state index in [1.165, 1.54) is 29.7 Å². The second-order valence-corrected chi connectivity index (χ2v) is 6.13. The van der Waals surface area contributed by atoms with Crippen molar-refractivity contribution in [2.75, 3.05) is 11.1 Å². The van der Waals surface area contributed by atoms with Gasteiger partial charge in [-0.05, 0) is 36.8 Å². The number of aromatic nitrogens is 2. The van der Waals surface area contributed by atoms with Gasteiger partial charge in [-0.3, -0.25) is 5.10 Å². The number of H-pyrrole nitrogens is 1. The van der Waals surface area contributed by atoms with Gasteiger partial charge in [0.1, 0.15) is 0 Å². The van der Waals surface area contributed by atoms with Crippen LogP contribution in [0.5, 0.6) is 0 Å². The topological polar surface area (TPSA) is 40.7 Å². The van der Waals surface area contributed by atoms with Gasteiger partial charge in [-0.15, -0.1) is 0 Å². The molecule has 4 heteroatoms. The first-order chi connectivity index (χ1) is 8.33. The average Bonchev–Trinajstić information content (AvgIpc) is 2.79. The Labute approximate surface area is 105 Å². The highest BCUT2D eigenvalue weighted by atomic mass is 32.2. The van der Waals surface area contributed by atoms with Gasteiger partial charge in [0.15, 0.2) is 0 Å². The van der Waals surface area contributed by atoms with E-state index in [0.717, 1.165) is 5.52 Å². The van der Waals surface area contributed by atoms with Crippen molar-refractivity contribution in [3.63, 3.8) is 0 Å². The molecule has 2 N–H and O–H groups in total. The van der Waals surface area contributed by atoms with Crippen LogP contribution in [0.1, 0.15) is 19.8 Å². The Morgan fingerprint density at radius 1 is 1.47 bits per heavy atom. The molecule has 0 bridgehead atoms. The van der Waals surface area contributed by atoms with Gasteiger partial charge < -0.3 is 5.32 Å². The number of nitrogens with zero attached hydrogens (tertiary/aromatic N) is 1. The summed E-state index contributed by atoms with van der Waals surface area (Å²) in [5.41, 5.74) is 2.30. The highest BCUT2D eigenvalue weighted by Crippen LogP contribution is 2.28. The number of aromatic amines is 1. The summed E-state index contributed by atoms with van der Waals surface area (Å²) in [5.74, 6) is 1.30. The Hall–Kier alpha value is -1.16. The van der Waals surface area contributed by atoms with Crippen LogP contribution in [0.2, 0.25) is 0 Å². The third-order valence-electron chi connectivity index (χ3n) is 3.40. The van der Waals surface area contributed by atoms with Crippen LogP contribution in [-0.4, -0.2) is 27.2 Å². The van der Waals surface area contributed by atoms with E-state index in [1.807, 2.05) is 6.20 Å². The van der Waals surface area contributed by atoms with Crippen molar-refractivity contribution in [2.24, 2.45) is 0 Å². The number of hydrogen-bond donors (Lipinski definition) is 2. The third-order valence-corrected chi connectivity index (χ3v) is 4.78. The van der Waals surface area contributed by atoms with Crippen molar-refractivity contribution < 1.29 is 0 Å². The van der Waals surface area contributed by atoms with E-state index in [4.69, 9.17) is 0 Å². The van der Waals surface area contributed by atoms with Gasteiger partial charge in [0.05, 0.1) is 11.7 Å². The van der Waals surface area contributed by atoms with E-state index in [2.05, 4.69) is 52.4 Å². The number of benzene rings is 1. The molecule has 0 spiro atoms. The van der Waals surface area contributed by atoms with Crippen molar-refractivity contribution >= 4 is 28.4 Å². The van der Waals surface area contributed by atoms with E-state index in [0.29, 0.717) is 11.3 Å². The maximum absolute atomic E-state index is 4.05. The number of anilines is 1. The minimum absolute atomic E-state index is 0.592. The lowest BCUT2D eigenvalue weighted by Crippen LogP contribution is -2.32. The molecule has 0 amide bonds. The molecule has 0 aliphatic carbocycles. The first-order valence-electron chi connectivity index (χ1n) is 6.14. The van der Waals surface area contributed by atoms with E-state index >= 15 is 0 Å². The highest BCUT2D eigenvalue weighted by Gasteiger charge is 2.21. The monoisotopic (exact) mass is 247 g/mol. The number of hydrogen-bond acceptors (Lipinski definition) is 3. The van der Waals surface area contributed by atoms with Crippen LogP contribution in [0.25, 0.3) is 10.9 Å². The van der Waals surface area contributed by atoms with Crippen LogP contribution in [0.4, 0.5) is 5.69 Å². The largest absolute Gasteiger partial charge is 0.381 e. The highest BCUT2D eigenvalue weighted by molar-refractivity contribution is 8.00. The van der Waals surface area contributed by atoms with Crippen molar-refractivity contribution in [1.29, 1.82) is 0 Å². The predicted octanol–water partition coefficient (Wildman–Crippen LogP) is 3.26. The van der Waals surface area contributed by atoms with Gasteiger partial charge in [0.25, 0.3) is 0 Å². The van der Waals surface area contributed by atoms with Gasteiger partial charge >= 0.3 is 0 Å². The van der Waals surface area contributed by atoms with Crippen LogP contribution in [0.3, 0.4) is 0 Å². The fourth-order valence-electron chi connectivity index (χ4n) is 2.35. The van der Waals surface area contributed by atoms with Crippen molar-refractivity contribution in [1.82, 2.24) is 10.2 Å². The summed E-state index contributed by atoms with van der Waals surface area (Å²) < 4.78 is 0. The summed E-state index contributed by atoms with van der Waals surface area (Å²) in [6.07, 6.45) is 4.45. The minimum atomic E-state index is 0.592. The van der Waals surface area contributed by atoms with Gasteiger partial charge in [-0.25, -0.2) is 0 Å². The Morgan fingerprint density at radius 2 is 2.41 bits per heavy atom. The smallest absolute Gasteiger partial charge is 0.0670 e. The summed E-state index contributed by atoms with van der Waals surface area (Å²) in [6.45, 7) is 2.32. The molecule has 2 aromatic rings. The second kappa shape index (κ2) is 4.61. The molecule has 17 heavy (non-hydrogen) atoms. The van der Waals surface area contributed by atoms with Gasteiger partial charge in [-0.1, -0.05) is 6.92 Å². The zero-order valence-electron chi connectivity index (χ0n) is 9.94. The summed E-state index contributed by atoms with van der Waals surface area (Å²) in [7, 11) is 0. The molecule has 3 rings (SSSR count). The fraction of sp³-hybridized carbons (Fsp3) is 0.462. The Balaban J connectivity index is 1.79. The molecule has 1 aliphatic rings. The molecule has 90 valence electrons. The number of thioether (sulfide) groups is 1. The molecule has 1 saturated heterocycles. The first-order valence-corrected chi connectivity index (χ1v) is 7.19. The lowest BCUT2D eigenvalue weighted by Gasteiger charge is -2.29. The van der Waals surface area contributed by atoms with Gasteiger partial charge in [0, 0.05) is 22.4 Å². The molecule has 0 saturated carbocycles. The van der Waals surface area contributed by atoms with E-state index in [9.17, 15) is 0 Å². The SMILES string of the molecule is CC1SCCCC1Nc1ccc2cn[nH]c2c1. The molecule has 2 unspecified atom stereocenters. The van der Waals surface area contributed by atoms with E-state index < -0.39 is 0 Å². The lowest BCUT2D eigenvalue weighted by molar-refractivity contribution is 0.617. The minimum Gasteiger partial charge on any atom is -0.381 e. The zero-order valence-corrected chi connectivity index (χ0v) is 10.8. The number of fused-ring (bicyclic) bond motifs is 1. The molecule has 1 fully saturated rings. The van der Waals surface area contributed by atoms with Crippen LogP contribution in [-0.2, 0) is 0 Å². The number of rotatable bonds is 2. The van der Waals surface area contributed by atoms with Crippen LogP contribution >= 0.6 is 11.8 Å². The molecule has 1 aromatic heterocycles. The zero-order chi connectivity index (χ0) is 11.7. The standard InChI is InChI=1S/C13H17N3S/c1-9-12(3-2-6-17-9)15-11-5-4-10-8-14-16-13(10)7-11/h4-5,7-9,12,15H,2-3,6H2,1H3,(H,14,16). The van der Waals surface area contributed by atoms with Crippen LogP contribution in [0.15, 0.2) is 24.4 Å². The van der Waals surface area contributed by atoms with Crippen LogP contribution < -0.4 is 5.32 Å². The molecular weight excluding hydrogens is 230 g/mol. The normalized spacial score (nSPS) is 25.0. The summed E-state index contributed by atoms with van der Waals surface area (Å²) in [6, 6.07) is 6.99. The number of nitrogens with one attached hydrogen (secondary N) is 2. The molecular formula is C13H17N3S. The van der Waals surface area contributed by atoms with Crippen molar-refractivity contribution in [3.05, 3.63) is 24.4 Å². The van der Waals surface area contributed by atoms with E-state index in [-0.39, 0.29) is 0 Å². The average molecular weight is 247 g/mol. The Morgan fingerprint density at radius 3 is 3.29 bits per heavy atom. The third kappa shape index (κ3) is 2.27. The first kappa shape index (κ1) is 11.0. The predicted molar refractivity (Wildman–Crippen MR) is 74.7 cm³/mol. The van der Waals surface area contributed by atoms with Crippen LogP contribution in [0, 0.1) is 0 Å². The van der Waals surface area contributed by atoms with Crippen molar-refractivity contribution in [2.45, 2.75) is 31.1 Å². The summed E-state index contributed by atoms with van der Waals surface area (Å²) in [5, 5.41) is 12.6.